The molecule has 1 aromatic heterocycles. The van der Waals surface area contributed by atoms with E-state index in [1.165, 1.54) is 12.5 Å². The van der Waals surface area contributed by atoms with Crippen molar-refractivity contribution in [2.75, 3.05) is 20.6 Å². The average Bonchev–Trinajstić information content (AvgIpc) is 2.76. The molecular formula is C17H22N2O2. The monoisotopic (exact) mass is 286 g/mol. The van der Waals surface area contributed by atoms with Crippen LogP contribution in [0.1, 0.15) is 12.5 Å². The molecular weight excluding hydrogens is 264 g/mol. The van der Waals surface area contributed by atoms with E-state index in [1.807, 2.05) is 24.3 Å². The predicted molar refractivity (Wildman–Crippen MR) is 85.7 cm³/mol. The van der Waals surface area contributed by atoms with Gasteiger partial charge in [-0.25, -0.2) is 0 Å². The number of hydrogen-bond donors (Lipinski definition) is 0. The van der Waals surface area contributed by atoms with Crippen LogP contribution in [0.5, 0.6) is 5.75 Å². The quantitative estimate of drug-likeness (QED) is 0.465. The van der Waals surface area contributed by atoms with E-state index in [9.17, 15) is 4.79 Å². The Morgan fingerprint density at radius 3 is 2.81 bits per heavy atom. The molecule has 4 heteroatoms. The second kappa shape index (κ2) is 6.59. The molecule has 0 saturated heterocycles. The van der Waals surface area contributed by atoms with Crippen LogP contribution in [-0.2, 0) is 17.8 Å². The highest BCUT2D eigenvalue weighted by molar-refractivity contribution is 5.91. The molecule has 0 amide bonds. The Balaban J connectivity index is 2.53. The number of carbonyl (C=O) groups excluding carboxylic acids is 1. The summed E-state index contributed by atoms with van der Waals surface area (Å²) in [6.45, 7) is 6.92. The van der Waals surface area contributed by atoms with E-state index >= 15 is 0 Å². The maximum atomic E-state index is 11.3. The molecule has 1 aromatic carbocycles. The van der Waals surface area contributed by atoms with Crippen molar-refractivity contribution in [3.63, 3.8) is 0 Å². The van der Waals surface area contributed by atoms with Gasteiger partial charge < -0.3 is 14.2 Å². The van der Waals surface area contributed by atoms with E-state index in [2.05, 4.69) is 36.3 Å². The molecule has 0 N–H and O–H groups in total. The molecule has 0 atom stereocenters. The molecule has 112 valence electrons. The summed E-state index contributed by atoms with van der Waals surface area (Å²) in [5.74, 6) is 0.342. The molecule has 4 nitrogen and oxygen atoms in total. The lowest BCUT2D eigenvalue weighted by atomic mass is 10.1. The third kappa shape index (κ3) is 3.52. The van der Waals surface area contributed by atoms with Crippen LogP contribution in [0.15, 0.2) is 37.1 Å². The largest absolute Gasteiger partial charge is 0.426 e. The summed E-state index contributed by atoms with van der Waals surface area (Å²) in [5, 5.41) is 1.02. The van der Waals surface area contributed by atoms with Crippen LogP contribution in [0.3, 0.4) is 0 Å². The Labute approximate surface area is 125 Å². The summed E-state index contributed by atoms with van der Waals surface area (Å²) in [6.07, 6.45) is 4.91. The molecule has 2 aromatic rings. The predicted octanol–water partition coefficient (Wildman–Crippen LogP) is 2.86. The number of likely N-dealkylation sites (N-methyl/N-ethyl adjacent to an activating group) is 1. The van der Waals surface area contributed by atoms with Gasteiger partial charge in [-0.3, -0.25) is 4.79 Å². The highest BCUT2D eigenvalue weighted by Gasteiger charge is 2.14. The number of aromatic nitrogens is 1. The van der Waals surface area contributed by atoms with Crippen molar-refractivity contribution >= 4 is 16.9 Å². The first-order chi connectivity index (χ1) is 10.0. The van der Waals surface area contributed by atoms with Gasteiger partial charge in [0.15, 0.2) is 0 Å². The second-order valence-corrected chi connectivity index (χ2v) is 5.39. The number of fused-ring (bicyclic) bond motifs is 1. The Hall–Kier alpha value is -2.07. The van der Waals surface area contributed by atoms with E-state index in [0.717, 1.165) is 30.4 Å². The minimum atomic E-state index is -0.294. The summed E-state index contributed by atoms with van der Waals surface area (Å²) >= 11 is 0. The van der Waals surface area contributed by atoms with Crippen molar-refractivity contribution in [2.45, 2.75) is 19.9 Å². The summed E-state index contributed by atoms with van der Waals surface area (Å²) in [5.41, 5.74) is 2.26. The van der Waals surface area contributed by atoms with Crippen LogP contribution in [0.4, 0.5) is 0 Å². The topological polar surface area (TPSA) is 34.5 Å². The molecule has 0 aliphatic rings. The van der Waals surface area contributed by atoms with Crippen LogP contribution in [0.2, 0.25) is 0 Å². The number of rotatable bonds is 6. The first kappa shape index (κ1) is 15.3. The van der Waals surface area contributed by atoms with E-state index in [4.69, 9.17) is 4.74 Å². The third-order valence-corrected chi connectivity index (χ3v) is 3.35. The fraction of sp³-hybridized carbons (Fsp3) is 0.353. The number of ether oxygens (including phenoxy) is 1. The molecule has 0 saturated carbocycles. The Kier molecular flexibility index (Phi) is 4.81. The van der Waals surface area contributed by atoms with Crippen molar-refractivity contribution in [3.8, 4) is 5.75 Å². The molecule has 0 fully saturated rings. The van der Waals surface area contributed by atoms with Crippen molar-refractivity contribution in [1.82, 2.24) is 9.47 Å². The lowest BCUT2D eigenvalue weighted by Crippen LogP contribution is -2.15. The van der Waals surface area contributed by atoms with Crippen molar-refractivity contribution in [3.05, 3.63) is 42.6 Å². The molecule has 0 aliphatic heterocycles. The van der Waals surface area contributed by atoms with E-state index in [0.29, 0.717) is 5.75 Å². The number of esters is 1. The molecule has 2 rings (SSSR count). The zero-order valence-electron chi connectivity index (χ0n) is 12.9. The van der Waals surface area contributed by atoms with Gasteiger partial charge in [-0.15, -0.1) is 6.58 Å². The lowest BCUT2D eigenvalue weighted by Gasteiger charge is -2.09. The van der Waals surface area contributed by atoms with Gasteiger partial charge in [0, 0.05) is 31.6 Å². The molecule has 21 heavy (non-hydrogen) atoms. The first-order valence-corrected chi connectivity index (χ1v) is 7.07. The van der Waals surface area contributed by atoms with E-state index in [1.54, 1.807) is 0 Å². The van der Waals surface area contributed by atoms with Crippen LogP contribution < -0.4 is 4.74 Å². The molecule has 0 spiro atoms. The van der Waals surface area contributed by atoms with Crippen LogP contribution in [0.25, 0.3) is 10.9 Å². The van der Waals surface area contributed by atoms with Crippen molar-refractivity contribution in [2.24, 2.45) is 0 Å². The number of carbonyl (C=O) groups is 1. The van der Waals surface area contributed by atoms with Crippen LogP contribution >= 0.6 is 0 Å². The molecule has 0 bridgehead atoms. The zero-order valence-corrected chi connectivity index (χ0v) is 12.9. The first-order valence-electron chi connectivity index (χ1n) is 7.07. The van der Waals surface area contributed by atoms with Gasteiger partial charge in [-0.05, 0) is 38.2 Å². The minimum absolute atomic E-state index is 0.294. The van der Waals surface area contributed by atoms with Gasteiger partial charge in [-0.1, -0.05) is 12.1 Å². The summed E-state index contributed by atoms with van der Waals surface area (Å²) in [4.78, 5) is 13.5. The van der Waals surface area contributed by atoms with Crippen molar-refractivity contribution < 1.29 is 9.53 Å². The number of hydrogen-bond acceptors (Lipinski definition) is 3. The molecule has 0 radical (unpaired) electrons. The van der Waals surface area contributed by atoms with Crippen LogP contribution in [0, 0.1) is 0 Å². The SMILES string of the molecule is C=CCn1cc(CCN(C)C)c2c(OC(C)=O)cccc21. The smallest absolute Gasteiger partial charge is 0.308 e. The minimum Gasteiger partial charge on any atom is -0.426 e. The maximum absolute atomic E-state index is 11.3. The molecule has 0 aliphatic carbocycles. The lowest BCUT2D eigenvalue weighted by molar-refractivity contribution is -0.131. The second-order valence-electron chi connectivity index (χ2n) is 5.39. The van der Waals surface area contributed by atoms with Crippen molar-refractivity contribution in [1.29, 1.82) is 0 Å². The van der Waals surface area contributed by atoms with Gasteiger partial charge in [0.1, 0.15) is 5.75 Å². The summed E-state index contributed by atoms with van der Waals surface area (Å²) in [6, 6.07) is 5.81. The molecule has 1 heterocycles. The van der Waals surface area contributed by atoms with Gasteiger partial charge in [0.05, 0.1) is 5.52 Å². The normalized spacial score (nSPS) is 11.0. The fourth-order valence-electron chi connectivity index (χ4n) is 2.47. The van der Waals surface area contributed by atoms with Gasteiger partial charge in [0.25, 0.3) is 0 Å². The zero-order chi connectivity index (χ0) is 15.4. The summed E-state index contributed by atoms with van der Waals surface area (Å²) in [7, 11) is 4.10. The highest BCUT2D eigenvalue weighted by atomic mass is 16.5. The molecule has 0 unspecified atom stereocenters. The third-order valence-electron chi connectivity index (χ3n) is 3.35. The number of allylic oxidation sites excluding steroid dienone is 1. The summed E-state index contributed by atoms with van der Waals surface area (Å²) < 4.78 is 7.51. The fourth-order valence-corrected chi connectivity index (χ4v) is 2.47. The van der Waals surface area contributed by atoms with Gasteiger partial charge >= 0.3 is 5.97 Å². The highest BCUT2D eigenvalue weighted by Crippen LogP contribution is 2.31. The standard InChI is InChI=1S/C17H22N2O2/c1-5-10-19-12-14(9-11-18(3)4)17-15(19)7-6-8-16(17)21-13(2)20/h5-8,12H,1,9-11H2,2-4H3. The maximum Gasteiger partial charge on any atom is 0.308 e. The van der Waals surface area contributed by atoms with Gasteiger partial charge in [-0.2, -0.15) is 0 Å². The van der Waals surface area contributed by atoms with Crippen LogP contribution in [-0.4, -0.2) is 36.1 Å². The average molecular weight is 286 g/mol. The van der Waals surface area contributed by atoms with Gasteiger partial charge in [0.2, 0.25) is 0 Å². The Bertz CT molecular complexity index is 656. The Morgan fingerprint density at radius 1 is 1.43 bits per heavy atom. The van der Waals surface area contributed by atoms with E-state index in [-0.39, 0.29) is 5.97 Å². The number of benzene rings is 1. The van der Waals surface area contributed by atoms with E-state index < -0.39 is 0 Å². The number of nitrogens with zero attached hydrogens (tertiary/aromatic N) is 2. The Morgan fingerprint density at radius 2 is 2.19 bits per heavy atom.